The van der Waals surface area contributed by atoms with Crippen molar-refractivity contribution in [2.45, 2.75) is 45.8 Å². The number of amides is 1. The average molecular weight is 328 g/mol. The second-order valence-electron chi connectivity index (χ2n) is 5.61. The lowest BCUT2D eigenvalue weighted by Gasteiger charge is -2.25. The molecular formula is C16H22ClNO4. The molecule has 1 N–H and O–H groups in total. The minimum atomic E-state index is -1.06. The fraction of sp³-hybridized carbons (Fsp3) is 0.500. The van der Waals surface area contributed by atoms with Gasteiger partial charge in [0.25, 0.3) is 5.91 Å². The average Bonchev–Trinajstić information content (AvgIpc) is 2.40. The lowest BCUT2D eigenvalue weighted by Crippen LogP contribution is -2.47. The molecule has 1 aromatic carbocycles. The highest BCUT2D eigenvalue weighted by Crippen LogP contribution is 2.20. The molecule has 1 rings (SSSR count). The number of nitrogens with one attached hydrogen (secondary N) is 1. The van der Waals surface area contributed by atoms with Gasteiger partial charge in [0.1, 0.15) is 5.75 Å². The van der Waals surface area contributed by atoms with E-state index in [1.165, 1.54) is 0 Å². The predicted molar refractivity (Wildman–Crippen MR) is 85.0 cm³/mol. The molecule has 0 aliphatic carbocycles. The molecule has 1 amide bonds. The summed E-state index contributed by atoms with van der Waals surface area (Å²) >= 11 is 5.80. The van der Waals surface area contributed by atoms with E-state index in [1.54, 1.807) is 52.0 Å². The standard InChI is InChI=1S/C16H22ClNO4/c1-11(2)21-14(19)9-10-18-15(20)16(3,4)22-13-7-5-12(17)6-8-13/h5-8,11H,9-10H2,1-4H3,(H,18,20). The van der Waals surface area contributed by atoms with Gasteiger partial charge in [0.05, 0.1) is 12.5 Å². The Labute approximate surface area is 135 Å². The van der Waals surface area contributed by atoms with Crippen LogP contribution in [0.3, 0.4) is 0 Å². The van der Waals surface area contributed by atoms with Gasteiger partial charge in [0.2, 0.25) is 0 Å². The van der Waals surface area contributed by atoms with Gasteiger partial charge in [-0.15, -0.1) is 0 Å². The number of esters is 1. The van der Waals surface area contributed by atoms with Crippen molar-refractivity contribution in [2.24, 2.45) is 0 Å². The minimum absolute atomic E-state index is 0.126. The van der Waals surface area contributed by atoms with Gasteiger partial charge in [0, 0.05) is 11.6 Å². The van der Waals surface area contributed by atoms with Crippen molar-refractivity contribution in [1.82, 2.24) is 5.32 Å². The maximum atomic E-state index is 12.1. The zero-order valence-corrected chi connectivity index (χ0v) is 14.1. The van der Waals surface area contributed by atoms with E-state index in [4.69, 9.17) is 21.1 Å². The number of rotatable bonds is 7. The van der Waals surface area contributed by atoms with E-state index < -0.39 is 5.60 Å². The molecule has 0 unspecified atom stereocenters. The predicted octanol–water partition coefficient (Wildman–Crippen LogP) is 2.96. The summed E-state index contributed by atoms with van der Waals surface area (Å²) in [6.07, 6.45) is -0.0334. The fourth-order valence-electron chi connectivity index (χ4n) is 1.66. The number of carbonyl (C=O) groups excluding carboxylic acids is 2. The SMILES string of the molecule is CC(C)OC(=O)CCNC(=O)C(C)(C)Oc1ccc(Cl)cc1. The summed E-state index contributed by atoms with van der Waals surface area (Å²) in [6, 6.07) is 6.76. The molecule has 0 fully saturated rings. The molecule has 1 aromatic rings. The van der Waals surface area contributed by atoms with Crippen LogP contribution in [0.4, 0.5) is 0 Å². The molecule has 0 bridgehead atoms. The third kappa shape index (κ3) is 6.35. The first-order valence-electron chi connectivity index (χ1n) is 7.13. The second kappa shape index (κ2) is 8.03. The molecule has 0 saturated heterocycles. The smallest absolute Gasteiger partial charge is 0.307 e. The monoisotopic (exact) mass is 327 g/mol. The van der Waals surface area contributed by atoms with Crippen LogP contribution in [0.2, 0.25) is 5.02 Å². The summed E-state index contributed by atoms with van der Waals surface area (Å²) < 4.78 is 10.6. The maximum Gasteiger partial charge on any atom is 0.307 e. The largest absolute Gasteiger partial charge is 0.478 e. The lowest BCUT2D eigenvalue weighted by atomic mass is 10.1. The first-order chi connectivity index (χ1) is 10.2. The van der Waals surface area contributed by atoms with Crippen molar-refractivity contribution >= 4 is 23.5 Å². The molecule has 0 atom stereocenters. The number of hydrogen-bond donors (Lipinski definition) is 1. The van der Waals surface area contributed by atoms with Crippen LogP contribution in [0.15, 0.2) is 24.3 Å². The molecule has 0 spiro atoms. The van der Waals surface area contributed by atoms with Crippen molar-refractivity contribution in [3.05, 3.63) is 29.3 Å². The van der Waals surface area contributed by atoms with Gasteiger partial charge in [-0.05, 0) is 52.0 Å². The van der Waals surface area contributed by atoms with E-state index in [9.17, 15) is 9.59 Å². The van der Waals surface area contributed by atoms with Crippen molar-refractivity contribution in [3.63, 3.8) is 0 Å². The van der Waals surface area contributed by atoms with Gasteiger partial charge in [-0.2, -0.15) is 0 Å². The molecular weight excluding hydrogens is 306 g/mol. The van der Waals surface area contributed by atoms with Gasteiger partial charge in [-0.25, -0.2) is 0 Å². The van der Waals surface area contributed by atoms with Crippen LogP contribution in [-0.2, 0) is 14.3 Å². The molecule has 0 radical (unpaired) electrons. The Bertz CT molecular complexity index is 511. The van der Waals surface area contributed by atoms with E-state index in [1.807, 2.05) is 0 Å². The van der Waals surface area contributed by atoms with Crippen LogP contribution in [0, 0.1) is 0 Å². The van der Waals surface area contributed by atoms with Crippen molar-refractivity contribution < 1.29 is 19.1 Å². The Kier molecular flexibility index (Phi) is 6.68. The highest BCUT2D eigenvalue weighted by molar-refractivity contribution is 6.30. The quantitative estimate of drug-likeness (QED) is 0.782. The Hall–Kier alpha value is -1.75. The van der Waals surface area contributed by atoms with Gasteiger partial charge in [-0.1, -0.05) is 11.6 Å². The number of hydrogen-bond acceptors (Lipinski definition) is 4. The van der Waals surface area contributed by atoms with Crippen molar-refractivity contribution in [3.8, 4) is 5.75 Å². The summed E-state index contributed by atoms with van der Waals surface area (Å²) in [6.45, 7) is 7.07. The van der Waals surface area contributed by atoms with E-state index >= 15 is 0 Å². The maximum absolute atomic E-state index is 12.1. The second-order valence-corrected chi connectivity index (χ2v) is 6.05. The highest BCUT2D eigenvalue weighted by atomic mass is 35.5. The van der Waals surface area contributed by atoms with Gasteiger partial charge < -0.3 is 14.8 Å². The zero-order chi connectivity index (χ0) is 16.8. The zero-order valence-electron chi connectivity index (χ0n) is 13.3. The highest BCUT2D eigenvalue weighted by Gasteiger charge is 2.29. The summed E-state index contributed by atoms with van der Waals surface area (Å²) in [4.78, 5) is 23.5. The summed E-state index contributed by atoms with van der Waals surface area (Å²) in [5.41, 5.74) is -1.06. The summed E-state index contributed by atoms with van der Waals surface area (Å²) in [7, 11) is 0. The molecule has 0 saturated carbocycles. The van der Waals surface area contributed by atoms with Crippen molar-refractivity contribution in [2.75, 3.05) is 6.54 Å². The van der Waals surface area contributed by atoms with Crippen molar-refractivity contribution in [1.29, 1.82) is 0 Å². The molecule has 0 aromatic heterocycles. The van der Waals surface area contributed by atoms with Crippen LogP contribution in [0.1, 0.15) is 34.1 Å². The summed E-state index contributed by atoms with van der Waals surface area (Å²) in [5.74, 6) is -0.102. The molecule has 0 aliphatic rings. The fourth-order valence-corrected chi connectivity index (χ4v) is 1.78. The van der Waals surface area contributed by atoms with E-state index in [0.29, 0.717) is 10.8 Å². The molecule has 0 aliphatic heterocycles. The van der Waals surface area contributed by atoms with Gasteiger partial charge >= 0.3 is 5.97 Å². The van der Waals surface area contributed by atoms with Crippen LogP contribution in [0.25, 0.3) is 0 Å². The van der Waals surface area contributed by atoms with E-state index in [0.717, 1.165) is 0 Å². The summed E-state index contributed by atoms with van der Waals surface area (Å²) in [5, 5.41) is 3.26. The third-order valence-corrected chi connectivity index (χ3v) is 2.97. The molecule has 22 heavy (non-hydrogen) atoms. The topological polar surface area (TPSA) is 64.6 Å². The number of ether oxygens (including phenoxy) is 2. The number of carbonyl (C=O) groups is 2. The molecule has 0 heterocycles. The first-order valence-corrected chi connectivity index (χ1v) is 7.51. The number of benzene rings is 1. The third-order valence-electron chi connectivity index (χ3n) is 2.72. The van der Waals surface area contributed by atoms with Gasteiger partial charge in [-0.3, -0.25) is 9.59 Å². The first kappa shape index (κ1) is 18.3. The molecule has 6 heteroatoms. The Morgan fingerprint density at radius 1 is 1.23 bits per heavy atom. The lowest BCUT2D eigenvalue weighted by molar-refractivity contribution is -0.147. The normalized spacial score (nSPS) is 11.2. The van der Waals surface area contributed by atoms with Crippen LogP contribution in [-0.4, -0.2) is 30.1 Å². The molecule has 5 nitrogen and oxygen atoms in total. The van der Waals surface area contributed by atoms with E-state index in [2.05, 4.69) is 5.32 Å². The Morgan fingerprint density at radius 2 is 1.82 bits per heavy atom. The number of halogens is 1. The van der Waals surface area contributed by atoms with Crippen LogP contribution < -0.4 is 10.1 Å². The van der Waals surface area contributed by atoms with Crippen LogP contribution in [0.5, 0.6) is 5.75 Å². The minimum Gasteiger partial charge on any atom is -0.478 e. The Morgan fingerprint density at radius 3 is 2.36 bits per heavy atom. The molecule has 122 valence electrons. The Balaban J connectivity index is 2.45. The van der Waals surface area contributed by atoms with E-state index in [-0.39, 0.29) is 30.9 Å². The van der Waals surface area contributed by atoms with Gasteiger partial charge in [0.15, 0.2) is 5.60 Å². The van der Waals surface area contributed by atoms with Crippen LogP contribution >= 0.6 is 11.6 Å².